The third kappa shape index (κ3) is 4.15. The van der Waals surface area contributed by atoms with Crippen molar-refractivity contribution in [3.8, 4) is 0 Å². The maximum Gasteiger partial charge on any atom is 0.149 e. The number of hydrogen-bond donors (Lipinski definition) is 1. The van der Waals surface area contributed by atoms with Crippen molar-refractivity contribution in [2.45, 2.75) is 19.4 Å². The van der Waals surface area contributed by atoms with Crippen LogP contribution in [0.5, 0.6) is 0 Å². The van der Waals surface area contributed by atoms with Crippen LogP contribution in [0.2, 0.25) is 0 Å². The molecule has 0 unspecified atom stereocenters. The standard InChI is InChI=1S/C15H22F2N2O/c1-19(10-11-3-4-11)15-13(16)7-12(8-14(15)17)9-18-5-6-20-2/h7-8,11,18H,3-6,9-10H2,1-2H3. The first kappa shape index (κ1) is 15.2. The monoisotopic (exact) mass is 284 g/mol. The van der Waals surface area contributed by atoms with E-state index in [0.29, 0.717) is 31.2 Å². The normalized spacial score (nSPS) is 14.6. The largest absolute Gasteiger partial charge is 0.383 e. The predicted molar refractivity (Wildman–Crippen MR) is 75.9 cm³/mol. The molecule has 0 atom stereocenters. The van der Waals surface area contributed by atoms with Crippen LogP contribution in [-0.4, -0.2) is 33.9 Å². The Morgan fingerprint density at radius 3 is 2.50 bits per heavy atom. The number of rotatable bonds is 8. The smallest absolute Gasteiger partial charge is 0.149 e. The number of anilines is 1. The lowest BCUT2D eigenvalue weighted by atomic mass is 10.1. The summed E-state index contributed by atoms with van der Waals surface area (Å²) in [5, 5.41) is 3.08. The fourth-order valence-corrected chi connectivity index (χ4v) is 2.27. The van der Waals surface area contributed by atoms with Gasteiger partial charge >= 0.3 is 0 Å². The van der Waals surface area contributed by atoms with Gasteiger partial charge < -0.3 is 15.0 Å². The topological polar surface area (TPSA) is 24.5 Å². The van der Waals surface area contributed by atoms with Gasteiger partial charge in [0.15, 0.2) is 0 Å². The lowest BCUT2D eigenvalue weighted by Gasteiger charge is -2.21. The molecular weight excluding hydrogens is 262 g/mol. The number of benzene rings is 1. The molecule has 1 aromatic carbocycles. The first-order chi connectivity index (χ1) is 9.61. The average Bonchev–Trinajstić information content (AvgIpc) is 3.17. The SMILES string of the molecule is COCCNCc1cc(F)c(N(C)CC2CC2)c(F)c1. The third-order valence-corrected chi connectivity index (χ3v) is 3.50. The molecule has 0 saturated heterocycles. The zero-order valence-electron chi connectivity index (χ0n) is 12.1. The van der Waals surface area contributed by atoms with Crippen molar-refractivity contribution >= 4 is 5.69 Å². The highest BCUT2D eigenvalue weighted by molar-refractivity contribution is 5.50. The Morgan fingerprint density at radius 1 is 1.30 bits per heavy atom. The molecule has 1 aromatic rings. The van der Waals surface area contributed by atoms with Gasteiger partial charge in [-0.05, 0) is 36.5 Å². The number of ether oxygens (including phenoxy) is 1. The van der Waals surface area contributed by atoms with Crippen molar-refractivity contribution in [1.82, 2.24) is 5.32 Å². The Morgan fingerprint density at radius 2 is 1.95 bits per heavy atom. The van der Waals surface area contributed by atoms with Gasteiger partial charge in [-0.1, -0.05) is 0 Å². The van der Waals surface area contributed by atoms with E-state index in [2.05, 4.69) is 5.32 Å². The molecule has 20 heavy (non-hydrogen) atoms. The Labute approximate surface area is 118 Å². The van der Waals surface area contributed by atoms with E-state index in [-0.39, 0.29) is 5.69 Å². The van der Waals surface area contributed by atoms with Gasteiger partial charge in [0.2, 0.25) is 0 Å². The summed E-state index contributed by atoms with van der Waals surface area (Å²) in [5.41, 5.74) is 0.692. The van der Waals surface area contributed by atoms with Gasteiger partial charge in [0.05, 0.1) is 6.61 Å². The fraction of sp³-hybridized carbons (Fsp3) is 0.600. The van der Waals surface area contributed by atoms with Crippen molar-refractivity contribution in [3.05, 3.63) is 29.3 Å². The molecule has 5 heteroatoms. The number of hydrogen-bond acceptors (Lipinski definition) is 3. The molecule has 0 aromatic heterocycles. The molecule has 1 aliphatic rings. The molecule has 2 rings (SSSR count). The van der Waals surface area contributed by atoms with Crippen LogP contribution in [0.25, 0.3) is 0 Å². The van der Waals surface area contributed by atoms with E-state index in [4.69, 9.17) is 4.74 Å². The Bertz CT molecular complexity index is 426. The Balaban J connectivity index is 1.99. The van der Waals surface area contributed by atoms with Crippen LogP contribution in [-0.2, 0) is 11.3 Å². The van der Waals surface area contributed by atoms with Crippen molar-refractivity contribution in [2.24, 2.45) is 5.92 Å². The van der Waals surface area contributed by atoms with Crippen LogP contribution in [0.15, 0.2) is 12.1 Å². The zero-order chi connectivity index (χ0) is 14.5. The minimum Gasteiger partial charge on any atom is -0.383 e. The van der Waals surface area contributed by atoms with E-state index < -0.39 is 11.6 Å². The lowest BCUT2D eigenvalue weighted by Crippen LogP contribution is -2.23. The summed E-state index contributed by atoms with van der Waals surface area (Å²) in [6.07, 6.45) is 2.32. The second kappa shape index (κ2) is 6.99. The predicted octanol–water partition coefficient (Wildman–Crippen LogP) is 2.55. The molecular formula is C15H22F2N2O. The summed E-state index contributed by atoms with van der Waals surface area (Å²) in [7, 11) is 3.36. The van der Waals surface area contributed by atoms with Gasteiger partial charge in [-0.25, -0.2) is 8.78 Å². The van der Waals surface area contributed by atoms with Crippen LogP contribution >= 0.6 is 0 Å². The van der Waals surface area contributed by atoms with Crippen LogP contribution in [0.1, 0.15) is 18.4 Å². The fourth-order valence-electron chi connectivity index (χ4n) is 2.27. The maximum atomic E-state index is 14.1. The van der Waals surface area contributed by atoms with Gasteiger partial charge in [0, 0.05) is 33.8 Å². The summed E-state index contributed by atoms with van der Waals surface area (Å²) >= 11 is 0. The summed E-state index contributed by atoms with van der Waals surface area (Å²) in [6, 6.07) is 2.81. The van der Waals surface area contributed by atoms with E-state index in [0.717, 1.165) is 19.4 Å². The van der Waals surface area contributed by atoms with Gasteiger partial charge in [0.25, 0.3) is 0 Å². The number of nitrogens with one attached hydrogen (secondary N) is 1. The molecule has 0 heterocycles. The number of nitrogens with zero attached hydrogens (tertiary/aromatic N) is 1. The van der Waals surface area contributed by atoms with E-state index in [1.54, 1.807) is 19.1 Å². The second-order valence-electron chi connectivity index (χ2n) is 5.40. The van der Waals surface area contributed by atoms with Crippen molar-refractivity contribution < 1.29 is 13.5 Å². The molecule has 0 bridgehead atoms. The molecule has 1 N–H and O–H groups in total. The van der Waals surface area contributed by atoms with Crippen molar-refractivity contribution in [3.63, 3.8) is 0 Å². The van der Waals surface area contributed by atoms with Crippen LogP contribution < -0.4 is 10.2 Å². The van der Waals surface area contributed by atoms with Crippen LogP contribution in [0.4, 0.5) is 14.5 Å². The van der Waals surface area contributed by atoms with Gasteiger partial charge in [0.1, 0.15) is 17.3 Å². The maximum absolute atomic E-state index is 14.1. The minimum atomic E-state index is -0.489. The third-order valence-electron chi connectivity index (χ3n) is 3.50. The Hall–Kier alpha value is -1.20. The van der Waals surface area contributed by atoms with Gasteiger partial charge in [-0.3, -0.25) is 0 Å². The molecule has 0 amide bonds. The molecule has 112 valence electrons. The molecule has 3 nitrogen and oxygen atoms in total. The summed E-state index contributed by atoms with van der Waals surface area (Å²) in [6.45, 7) is 2.39. The quantitative estimate of drug-likeness (QED) is 0.743. The van der Waals surface area contributed by atoms with E-state index in [1.807, 2.05) is 0 Å². The van der Waals surface area contributed by atoms with Crippen molar-refractivity contribution in [2.75, 3.05) is 38.8 Å². The highest BCUT2D eigenvalue weighted by atomic mass is 19.1. The highest BCUT2D eigenvalue weighted by Gasteiger charge is 2.25. The van der Waals surface area contributed by atoms with E-state index in [9.17, 15) is 8.78 Å². The van der Waals surface area contributed by atoms with E-state index in [1.165, 1.54) is 12.1 Å². The second-order valence-corrected chi connectivity index (χ2v) is 5.40. The van der Waals surface area contributed by atoms with Gasteiger partial charge in [-0.2, -0.15) is 0 Å². The molecule has 0 spiro atoms. The molecule has 1 saturated carbocycles. The van der Waals surface area contributed by atoms with Crippen molar-refractivity contribution in [1.29, 1.82) is 0 Å². The first-order valence-corrected chi connectivity index (χ1v) is 7.00. The number of methoxy groups -OCH3 is 1. The molecule has 0 aliphatic heterocycles. The molecule has 1 fully saturated rings. The highest BCUT2D eigenvalue weighted by Crippen LogP contribution is 2.32. The summed E-state index contributed by atoms with van der Waals surface area (Å²) in [5.74, 6) is -0.387. The Kier molecular flexibility index (Phi) is 5.31. The van der Waals surface area contributed by atoms with Crippen LogP contribution in [0, 0.1) is 17.6 Å². The summed E-state index contributed by atoms with van der Waals surface area (Å²) < 4.78 is 33.1. The average molecular weight is 284 g/mol. The molecule has 0 radical (unpaired) electrons. The number of halogens is 2. The summed E-state index contributed by atoms with van der Waals surface area (Å²) in [4.78, 5) is 1.68. The van der Waals surface area contributed by atoms with Gasteiger partial charge in [-0.15, -0.1) is 0 Å². The van der Waals surface area contributed by atoms with E-state index >= 15 is 0 Å². The first-order valence-electron chi connectivity index (χ1n) is 7.00. The lowest BCUT2D eigenvalue weighted by molar-refractivity contribution is 0.199. The molecule has 1 aliphatic carbocycles. The van der Waals surface area contributed by atoms with Crippen LogP contribution in [0.3, 0.4) is 0 Å². The minimum absolute atomic E-state index is 0.0811. The zero-order valence-corrected chi connectivity index (χ0v) is 12.1.